The molecule has 0 aliphatic carbocycles. The number of urea groups is 1. The highest BCUT2D eigenvalue weighted by atomic mass is 127. The zero-order valence-electron chi connectivity index (χ0n) is 3.36. The molecule has 0 aliphatic heterocycles. The van der Waals surface area contributed by atoms with Gasteiger partial charge >= 0.3 is 6.03 Å². The van der Waals surface area contributed by atoms with E-state index in [0.29, 0.717) is 0 Å². The molecular weight excluding hydrogens is 211 g/mol. The van der Waals surface area contributed by atoms with Crippen molar-refractivity contribution in [2.24, 2.45) is 5.84 Å². The first-order valence-corrected chi connectivity index (χ1v) is 2.51. The predicted molar refractivity (Wildman–Crippen MR) is 33.0 cm³/mol. The molecular formula is CH5IN4O. The summed E-state index contributed by atoms with van der Waals surface area (Å²) in [6.07, 6.45) is 0. The molecule has 42 valence electrons. The molecule has 6 heteroatoms. The fourth-order valence-corrected chi connectivity index (χ4v) is 0.324. The number of nitrogens with two attached hydrogens (primary N) is 1. The molecule has 0 fully saturated rings. The van der Waals surface area contributed by atoms with Crippen LogP contribution in [0, 0.1) is 0 Å². The monoisotopic (exact) mass is 216 g/mol. The molecule has 0 heterocycles. The Morgan fingerprint density at radius 1 is 1.71 bits per heavy atom. The van der Waals surface area contributed by atoms with Crippen LogP contribution in [0.15, 0.2) is 0 Å². The van der Waals surface area contributed by atoms with Crippen molar-refractivity contribution in [2.45, 2.75) is 0 Å². The van der Waals surface area contributed by atoms with E-state index in [2.05, 4.69) is 14.9 Å². The molecule has 0 saturated carbocycles. The van der Waals surface area contributed by atoms with Crippen molar-refractivity contribution in [3.8, 4) is 0 Å². The molecule has 2 amide bonds. The smallest absolute Gasteiger partial charge is 0.275 e. The molecule has 0 aromatic heterocycles. The van der Waals surface area contributed by atoms with Crippen molar-refractivity contribution in [3.63, 3.8) is 0 Å². The highest BCUT2D eigenvalue weighted by molar-refractivity contribution is 14.1. The third-order valence-electron chi connectivity index (χ3n) is 0.292. The Labute approximate surface area is 54.4 Å². The van der Waals surface area contributed by atoms with Crippen molar-refractivity contribution in [2.75, 3.05) is 0 Å². The van der Waals surface area contributed by atoms with Gasteiger partial charge in [-0.2, -0.15) is 3.64 Å². The number of halogens is 1. The van der Waals surface area contributed by atoms with Gasteiger partial charge in [-0.15, -0.1) is 0 Å². The normalized spacial score (nSPS) is 7.71. The van der Waals surface area contributed by atoms with E-state index in [1.807, 2.05) is 5.43 Å². The lowest BCUT2D eigenvalue weighted by atomic mass is 11.1. The minimum Gasteiger partial charge on any atom is -0.275 e. The first-order chi connectivity index (χ1) is 3.31. The average Bonchev–Trinajstić information content (AvgIpc) is 1.68. The molecule has 0 unspecified atom stereocenters. The van der Waals surface area contributed by atoms with Crippen LogP contribution in [0.25, 0.3) is 0 Å². The van der Waals surface area contributed by atoms with E-state index in [1.54, 1.807) is 22.9 Å². The Kier molecular flexibility index (Phi) is 4.04. The number of carbonyl (C=O) groups is 1. The molecule has 0 aromatic rings. The standard InChI is InChI=1S/CH5IN4O/c2-6-5-1(7)4-3/h6H,3H2,(H2,4,5,7). The summed E-state index contributed by atoms with van der Waals surface area (Å²) in [6, 6.07) is -0.464. The predicted octanol–water partition coefficient (Wildman–Crippen LogP) is -0.986. The maximum Gasteiger partial charge on any atom is 0.343 e. The van der Waals surface area contributed by atoms with Gasteiger partial charge in [0.15, 0.2) is 0 Å². The molecule has 0 radical (unpaired) electrons. The van der Waals surface area contributed by atoms with Gasteiger partial charge in [0.2, 0.25) is 0 Å². The van der Waals surface area contributed by atoms with Crippen molar-refractivity contribution in [1.29, 1.82) is 0 Å². The van der Waals surface area contributed by atoms with E-state index >= 15 is 0 Å². The zero-order valence-corrected chi connectivity index (χ0v) is 5.52. The molecule has 5 nitrogen and oxygen atoms in total. The molecule has 0 saturated heterocycles. The second kappa shape index (κ2) is 4.09. The summed E-state index contributed by atoms with van der Waals surface area (Å²) in [5.41, 5.74) is 4.01. The highest BCUT2D eigenvalue weighted by Gasteiger charge is 1.87. The SMILES string of the molecule is NNC(=O)NNI. The summed E-state index contributed by atoms with van der Waals surface area (Å²) in [6.45, 7) is 0. The summed E-state index contributed by atoms with van der Waals surface area (Å²) < 4.78 is 2.35. The van der Waals surface area contributed by atoms with Crippen LogP contribution in [0.1, 0.15) is 0 Å². The number of nitrogens with one attached hydrogen (secondary N) is 3. The van der Waals surface area contributed by atoms with Crippen LogP contribution in [0.5, 0.6) is 0 Å². The maximum atomic E-state index is 10.00. The van der Waals surface area contributed by atoms with Crippen molar-refractivity contribution < 1.29 is 4.79 Å². The quantitative estimate of drug-likeness (QED) is 0.149. The molecule has 7 heavy (non-hydrogen) atoms. The van der Waals surface area contributed by atoms with Crippen LogP contribution in [-0.2, 0) is 0 Å². The van der Waals surface area contributed by atoms with E-state index in [9.17, 15) is 4.79 Å². The minimum atomic E-state index is -0.464. The van der Waals surface area contributed by atoms with Gasteiger partial charge in [0.1, 0.15) is 0 Å². The highest BCUT2D eigenvalue weighted by Crippen LogP contribution is 1.59. The molecule has 0 atom stereocenters. The second-order valence-corrected chi connectivity index (χ2v) is 1.23. The van der Waals surface area contributed by atoms with Gasteiger partial charge in [-0.1, -0.05) is 0 Å². The second-order valence-electron chi connectivity index (χ2n) is 0.693. The Bertz CT molecular complexity index is 64.7. The number of hydrogen-bond donors (Lipinski definition) is 4. The summed E-state index contributed by atoms with van der Waals surface area (Å²) in [7, 11) is 0. The van der Waals surface area contributed by atoms with Crippen LogP contribution >= 0.6 is 22.9 Å². The van der Waals surface area contributed by atoms with Crippen LogP contribution in [0.3, 0.4) is 0 Å². The average molecular weight is 216 g/mol. The third kappa shape index (κ3) is 3.76. The van der Waals surface area contributed by atoms with Gasteiger partial charge in [0, 0.05) is 22.9 Å². The maximum absolute atomic E-state index is 10.00. The number of carbonyl (C=O) groups excluding carboxylic acids is 1. The minimum absolute atomic E-state index is 0.464. The summed E-state index contributed by atoms with van der Waals surface area (Å²) in [5, 5.41) is 0. The van der Waals surface area contributed by atoms with Gasteiger partial charge in [-0.3, -0.25) is 10.9 Å². The first kappa shape index (κ1) is 6.92. The number of rotatable bonds is 1. The Morgan fingerprint density at radius 2 is 2.29 bits per heavy atom. The first-order valence-electron chi connectivity index (χ1n) is 1.43. The van der Waals surface area contributed by atoms with Crippen LogP contribution in [0.2, 0.25) is 0 Å². The molecule has 0 bridgehead atoms. The molecule has 0 aromatic carbocycles. The van der Waals surface area contributed by atoms with Gasteiger partial charge in [-0.05, 0) is 0 Å². The van der Waals surface area contributed by atoms with Gasteiger partial charge in [0.25, 0.3) is 0 Å². The molecule has 0 spiro atoms. The lowest BCUT2D eigenvalue weighted by Gasteiger charge is -1.96. The van der Waals surface area contributed by atoms with Crippen molar-refractivity contribution >= 4 is 28.9 Å². The summed E-state index contributed by atoms with van der Waals surface area (Å²) in [4.78, 5) is 10.00. The Balaban J connectivity index is 3.00. The van der Waals surface area contributed by atoms with Crippen LogP contribution in [-0.4, -0.2) is 6.03 Å². The fraction of sp³-hybridized carbons (Fsp3) is 0. The summed E-state index contributed by atoms with van der Waals surface area (Å²) >= 11 is 1.75. The number of amides is 2. The fourth-order valence-electron chi connectivity index (χ4n) is 0.0790. The van der Waals surface area contributed by atoms with E-state index in [1.165, 1.54) is 0 Å². The van der Waals surface area contributed by atoms with Gasteiger partial charge in [-0.25, -0.2) is 10.6 Å². The number of hydrazine groups is 2. The van der Waals surface area contributed by atoms with Crippen molar-refractivity contribution in [1.82, 2.24) is 14.5 Å². The largest absolute Gasteiger partial charge is 0.343 e. The number of hydrogen-bond acceptors (Lipinski definition) is 3. The van der Waals surface area contributed by atoms with Gasteiger partial charge < -0.3 is 0 Å². The van der Waals surface area contributed by atoms with E-state index < -0.39 is 6.03 Å². The molecule has 0 aliphatic rings. The van der Waals surface area contributed by atoms with Crippen LogP contribution in [0.4, 0.5) is 4.79 Å². The lowest BCUT2D eigenvalue weighted by molar-refractivity contribution is 0.240. The van der Waals surface area contributed by atoms with Crippen LogP contribution < -0.4 is 20.3 Å². The van der Waals surface area contributed by atoms with E-state index in [4.69, 9.17) is 0 Å². The topological polar surface area (TPSA) is 79.2 Å². The lowest BCUT2D eigenvalue weighted by Crippen LogP contribution is -2.43. The Hall–Kier alpha value is -0.0800. The van der Waals surface area contributed by atoms with E-state index in [-0.39, 0.29) is 0 Å². The van der Waals surface area contributed by atoms with Crippen molar-refractivity contribution in [3.05, 3.63) is 0 Å². The van der Waals surface area contributed by atoms with Gasteiger partial charge in [0.05, 0.1) is 0 Å². The molecule has 0 rings (SSSR count). The molecule has 5 N–H and O–H groups in total. The Morgan fingerprint density at radius 3 is 2.43 bits per heavy atom. The van der Waals surface area contributed by atoms with E-state index in [0.717, 1.165) is 0 Å². The summed E-state index contributed by atoms with van der Waals surface area (Å²) in [5.74, 6) is 4.65. The third-order valence-corrected chi connectivity index (χ3v) is 0.562. The zero-order chi connectivity index (χ0) is 5.70.